The van der Waals surface area contributed by atoms with Crippen LogP contribution in [0.2, 0.25) is 0 Å². The number of hydrogen-bond acceptors (Lipinski definition) is 5. The molecule has 2 atom stereocenters. The molecule has 0 saturated carbocycles. The van der Waals surface area contributed by atoms with Crippen molar-refractivity contribution in [3.05, 3.63) is 29.8 Å². The molecule has 0 aromatic heterocycles. The molecule has 5 nitrogen and oxygen atoms in total. The minimum atomic E-state index is -1.07. The van der Waals surface area contributed by atoms with Crippen molar-refractivity contribution in [2.75, 3.05) is 21.3 Å². The topological polar surface area (TPSA) is 65.0 Å². The van der Waals surface area contributed by atoms with Gasteiger partial charge in [-0.05, 0) is 17.7 Å². The quantitative estimate of drug-likeness (QED) is 0.775. The van der Waals surface area contributed by atoms with Gasteiger partial charge in [0.25, 0.3) is 0 Å². The Morgan fingerprint density at radius 2 is 1.76 bits per heavy atom. The summed E-state index contributed by atoms with van der Waals surface area (Å²) in [6.07, 6.45) is -2.10. The molecule has 0 spiro atoms. The fourth-order valence-corrected chi connectivity index (χ4v) is 1.45. The molecular formula is C12H16O5. The number of rotatable bonds is 5. The lowest BCUT2D eigenvalue weighted by molar-refractivity contribution is -0.159. The van der Waals surface area contributed by atoms with Crippen LogP contribution in [-0.4, -0.2) is 38.5 Å². The number of aliphatic hydroxyl groups is 1. The van der Waals surface area contributed by atoms with Crippen LogP contribution in [0.25, 0.3) is 0 Å². The Morgan fingerprint density at radius 1 is 1.18 bits per heavy atom. The van der Waals surface area contributed by atoms with Crippen LogP contribution in [0, 0.1) is 0 Å². The summed E-state index contributed by atoms with van der Waals surface area (Å²) in [6, 6.07) is 6.72. The summed E-state index contributed by atoms with van der Waals surface area (Å²) in [5.74, 6) is 0.0591. The monoisotopic (exact) mass is 240 g/mol. The van der Waals surface area contributed by atoms with Gasteiger partial charge in [-0.3, -0.25) is 0 Å². The Balaban J connectivity index is 2.85. The van der Waals surface area contributed by atoms with Crippen molar-refractivity contribution < 1.29 is 24.1 Å². The lowest BCUT2D eigenvalue weighted by Gasteiger charge is -2.19. The van der Waals surface area contributed by atoms with Crippen LogP contribution < -0.4 is 4.74 Å². The maximum atomic E-state index is 11.3. The highest BCUT2D eigenvalue weighted by Gasteiger charge is 2.28. The highest BCUT2D eigenvalue weighted by Crippen LogP contribution is 2.22. The maximum absolute atomic E-state index is 11.3. The van der Waals surface area contributed by atoms with Gasteiger partial charge in [-0.1, -0.05) is 12.1 Å². The molecule has 17 heavy (non-hydrogen) atoms. The third kappa shape index (κ3) is 3.18. The molecule has 0 bridgehead atoms. The van der Waals surface area contributed by atoms with Crippen LogP contribution in [0.1, 0.15) is 11.7 Å². The maximum Gasteiger partial charge on any atom is 0.338 e. The van der Waals surface area contributed by atoms with E-state index in [2.05, 4.69) is 4.74 Å². The first-order valence-corrected chi connectivity index (χ1v) is 5.06. The molecule has 1 rings (SSSR count). The summed E-state index contributed by atoms with van der Waals surface area (Å²) in [6.45, 7) is 0. The van der Waals surface area contributed by atoms with Crippen molar-refractivity contribution in [2.24, 2.45) is 0 Å². The van der Waals surface area contributed by atoms with E-state index in [1.54, 1.807) is 31.4 Å². The average Bonchev–Trinajstić information content (AvgIpc) is 2.39. The van der Waals surface area contributed by atoms with Gasteiger partial charge < -0.3 is 19.3 Å². The van der Waals surface area contributed by atoms with E-state index in [0.29, 0.717) is 11.3 Å². The van der Waals surface area contributed by atoms with Crippen molar-refractivity contribution >= 4 is 5.97 Å². The van der Waals surface area contributed by atoms with Gasteiger partial charge in [0.15, 0.2) is 6.10 Å². The molecule has 0 radical (unpaired) electrons. The van der Waals surface area contributed by atoms with E-state index in [0.717, 1.165) is 0 Å². The van der Waals surface area contributed by atoms with E-state index in [1.807, 2.05) is 0 Å². The molecule has 0 aliphatic heterocycles. The standard InChI is InChI=1S/C12H16O5/c1-15-9-6-4-8(5-7-9)10(13)11(16-2)12(14)17-3/h4-7,10-11,13H,1-3H3. The normalized spacial score (nSPS) is 13.9. The van der Waals surface area contributed by atoms with Crippen LogP contribution in [0.5, 0.6) is 5.75 Å². The molecule has 0 aliphatic rings. The molecule has 0 heterocycles. The molecule has 0 saturated heterocycles. The van der Waals surface area contributed by atoms with E-state index in [9.17, 15) is 9.90 Å². The Labute approximate surface area is 99.9 Å². The second kappa shape index (κ2) is 6.22. The predicted molar refractivity (Wildman–Crippen MR) is 60.8 cm³/mol. The molecule has 1 aromatic rings. The fourth-order valence-electron chi connectivity index (χ4n) is 1.45. The molecule has 1 N–H and O–H groups in total. The number of methoxy groups -OCH3 is 3. The summed E-state index contributed by atoms with van der Waals surface area (Å²) in [4.78, 5) is 11.3. The van der Waals surface area contributed by atoms with Crippen LogP contribution >= 0.6 is 0 Å². The number of hydrogen-bond donors (Lipinski definition) is 1. The van der Waals surface area contributed by atoms with Gasteiger partial charge in [0.05, 0.1) is 14.2 Å². The van der Waals surface area contributed by atoms with Crippen molar-refractivity contribution in [1.82, 2.24) is 0 Å². The number of carbonyl (C=O) groups excluding carboxylic acids is 1. The number of carbonyl (C=O) groups is 1. The zero-order valence-corrected chi connectivity index (χ0v) is 10.0. The van der Waals surface area contributed by atoms with Crippen LogP contribution in [-0.2, 0) is 14.3 Å². The van der Waals surface area contributed by atoms with E-state index < -0.39 is 18.2 Å². The van der Waals surface area contributed by atoms with Crippen LogP contribution in [0.3, 0.4) is 0 Å². The number of benzene rings is 1. The second-order valence-electron chi connectivity index (χ2n) is 3.40. The lowest BCUT2D eigenvalue weighted by Crippen LogP contribution is -2.31. The van der Waals surface area contributed by atoms with Gasteiger partial charge in [0.2, 0.25) is 0 Å². The largest absolute Gasteiger partial charge is 0.497 e. The second-order valence-corrected chi connectivity index (χ2v) is 3.40. The lowest BCUT2D eigenvalue weighted by atomic mass is 10.0. The summed E-state index contributed by atoms with van der Waals surface area (Å²) < 4.78 is 14.5. The summed E-state index contributed by atoms with van der Waals surface area (Å²) in [5.41, 5.74) is 0.558. The minimum Gasteiger partial charge on any atom is -0.497 e. The third-order valence-electron chi connectivity index (χ3n) is 2.43. The summed E-state index contributed by atoms with van der Waals surface area (Å²) in [7, 11) is 4.14. The first-order valence-electron chi connectivity index (χ1n) is 5.06. The molecule has 0 amide bonds. The van der Waals surface area contributed by atoms with Gasteiger partial charge in [-0.2, -0.15) is 0 Å². The zero-order chi connectivity index (χ0) is 12.8. The Kier molecular flexibility index (Phi) is 4.93. The highest BCUT2D eigenvalue weighted by molar-refractivity contribution is 5.75. The third-order valence-corrected chi connectivity index (χ3v) is 2.43. The zero-order valence-electron chi connectivity index (χ0n) is 10.0. The molecule has 1 aromatic carbocycles. The number of esters is 1. The molecule has 0 fully saturated rings. The van der Waals surface area contributed by atoms with E-state index >= 15 is 0 Å². The SMILES string of the molecule is COC(=O)C(OC)C(O)c1ccc(OC)cc1. The van der Waals surface area contributed by atoms with Gasteiger partial charge in [0.1, 0.15) is 11.9 Å². The van der Waals surface area contributed by atoms with Crippen LogP contribution in [0.15, 0.2) is 24.3 Å². The van der Waals surface area contributed by atoms with Crippen LogP contribution in [0.4, 0.5) is 0 Å². The average molecular weight is 240 g/mol. The van der Waals surface area contributed by atoms with Crippen molar-refractivity contribution in [3.63, 3.8) is 0 Å². The summed E-state index contributed by atoms with van der Waals surface area (Å²) in [5, 5.41) is 9.98. The van der Waals surface area contributed by atoms with Gasteiger partial charge in [-0.25, -0.2) is 4.79 Å². The van der Waals surface area contributed by atoms with Crippen molar-refractivity contribution in [1.29, 1.82) is 0 Å². The molecule has 94 valence electrons. The number of ether oxygens (including phenoxy) is 3. The smallest absolute Gasteiger partial charge is 0.338 e. The number of aliphatic hydroxyl groups excluding tert-OH is 1. The van der Waals surface area contributed by atoms with Crippen molar-refractivity contribution in [3.8, 4) is 5.75 Å². The van der Waals surface area contributed by atoms with E-state index in [4.69, 9.17) is 9.47 Å². The van der Waals surface area contributed by atoms with Crippen molar-refractivity contribution in [2.45, 2.75) is 12.2 Å². The Hall–Kier alpha value is -1.59. The first-order chi connectivity index (χ1) is 8.13. The molecular weight excluding hydrogens is 224 g/mol. The first kappa shape index (κ1) is 13.5. The fraction of sp³-hybridized carbons (Fsp3) is 0.417. The molecule has 2 unspecified atom stereocenters. The predicted octanol–water partition coefficient (Wildman–Crippen LogP) is 0.917. The summed E-state index contributed by atoms with van der Waals surface area (Å²) >= 11 is 0. The van der Waals surface area contributed by atoms with Gasteiger partial charge >= 0.3 is 5.97 Å². The minimum absolute atomic E-state index is 0.558. The van der Waals surface area contributed by atoms with Gasteiger partial charge in [-0.15, -0.1) is 0 Å². The Morgan fingerprint density at radius 3 is 2.18 bits per heavy atom. The highest BCUT2D eigenvalue weighted by atomic mass is 16.6. The van der Waals surface area contributed by atoms with E-state index in [1.165, 1.54) is 14.2 Å². The molecule has 5 heteroatoms. The van der Waals surface area contributed by atoms with Gasteiger partial charge in [0, 0.05) is 7.11 Å². The van der Waals surface area contributed by atoms with E-state index in [-0.39, 0.29) is 0 Å². The molecule has 0 aliphatic carbocycles. The Bertz CT molecular complexity index is 360.